The normalized spacial score (nSPS) is 13.3. The van der Waals surface area contributed by atoms with Crippen LogP contribution >= 0.6 is 0 Å². The highest BCUT2D eigenvalue weighted by Crippen LogP contribution is 2.35. The number of hydrogen-bond donors (Lipinski definition) is 4. The van der Waals surface area contributed by atoms with Gasteiger partial charge in [-0.05, 0) is 18.2 Å². The molecule has 10 nitrogen and oxygen atoms in total. The van der Waals surface area contributed by atoms with Crippen LogP contribution in [0.5, 0.6) is 0 Å². The minimum absolute atomic E-state index is 0.264. The molecule has 0 bridgehead atoms. The van der Waals surface area contributed by atoms with Gasteiger partial charge in [0, 0.05) is 16.5 Å². The SMILES string of the molecule is Nc1cc(S(=O)(=O)O)c(S(=O)(=O)O)c2ccc(S(=O)(=O)O)cc12. The molecule has 0 spiro atoms. The Morgan fingerprint density at radius 3 is 1.74 bits per heavy atom. The van der Waals surface area contributed by atoms with E-state index in [4.69, 9.17) is 14.8 Å². The zero-order chi connectivity index (χ0) is 17.8. The van der Waals surface area contributed by atoms with Crippen LogP contribution in [0.4, 0.5) is 5.69 Å². The Morgan fingerprint density at radius 2 is 1.30 bits per heavy atom. The van der Waals surface area contributed by atoms with Crippen molar-refractivity contribution < 1.29 is 38.9 Å². The van der Waals surface area contributed by atoms with Crippen molar-refractivity contribution in [2.45, 2.75) is 14.7 Å². The fourth-order valence-electron chi connectivity index (χ4n) is 2.00. The molecule has 13 heteroatoms. The van der Waals surface area contributed by atoms with E-state index in [-0.39, 0.29) is 5.39 Å². The monoisotopic (exact) mass is 383 g/mol. The first-order valence-electron chi connectivity index (χ1n) is 5.51. The number of fused-ring (bicyclic) bond motifs is 1. The zero-order valence-electron chi connectivity index (χ0n) is 10.9. The highest BCUT2D eigenvalue weighted by atomic mass is 32.2. The summed E-state index contributed by atoms with van der Waals surface area (Å²) in [6.45, 7) is 0. The van der Waals surface area contributed by atoms with E-state index < -0.39 is 56.1 Å². The Morgan fingerprint density at radius 1 is 0.739 bits per heavy atom. The van der Waals surface area contributed by atoms with E-state index in [1.807, 2.05) is 0 Å². The van der Waals surface area contributed by atoms with Crippen molar-refractivity contribution in [3.63, 3.8) is 0 Å². The van der Waals surface area contributed by atoms with Crippen LogP contribution < -0.4 is 5.73 Å². The third-order valence-electron chi connectivity index (χ3n) is 2.89. The lowest BCUT2D eigenvalue weighted by Gasteiger charge is -2.12. The van der Waals surface area contributed by atoms with Gasteiger partial charge in [-0.2, -0.15) is 25.3 Å². The van der Waals surface area contributed by atoms with Crippen LogP contribution in [0.1, 0.15) is 0 Å². The number of nitrogens with two attached hydrogens (primary N) is 1. The van der Waals surface area contributed by atoms with Gasteiger partial charge in [-0.3, -0.25) is 13.7 Å². The van der Waals surface area contributed by atoms with Crippen LogP contribution in [0.25, 0.3) is 10.8 Å². The summed E-state index contributed by atoms with van der Waals surface area (Å²) in [5.74, 6) is 0. The molecule has 0 atom stereocenters. The van der Waals surface area contributed by atoms with Gasteiger partial charge < -0.3 is 5.73 Å². The molecule has 126 valence electrons. The van der Waals surface area contributed by atoms with Crippen molar-refractivity contribution in [1.29, 1.82) is 0 Å². The first-order chi connectivity index (χ1) is 10.2. The van der Waals surface area contributed by atoms with Crippen LogP contribution in [0.2, 0.25) is 0 Å². The molecule has 2 aromatic rings. The summed E-state index contributed by atoms with van der Waals surface area (Å²) in [5, 5.41) is -0.715. The molecule has 5 N–H and O–H groups in total. The number of nitrogen functional groups attached to an aromatic ring is 1. The Bertz CT molecular complexity index is 1130. The van der Waals surface area contributed by atoms with E-state index in [0.29, 0.717) is 6.07 Å². The maximum atomic E-state index is 11.5. The number of anilines is 1. The molecule has 2 aromatic carbocycles. The summed E-state index contributed by atoms with van der Waals surface area (Å²) in [4.78, 5) is -2.95. The average Bonchev–Trinajstić information content (AvgIpc) is 2.34. The predicted molar refractivity (Wildman–Crippen MR) is 77.8 cm³/mol. The Balaban J connectivity index is 3.13. The van der Waals surface area contributed by atoms with E-state index in [2.05, 4.69) is 0 Å². The summed E-state index contributed by atoms with van der Waals surface area (Å²) in [7, 11) is -14.8. The topological polar surface area (TPSA) is 189 Å². The van der Waals surface area contributed by atoms with Crippen molar-refractivity contribution in [1.82, 2.24) is 0 Å². The Labute approximate surface area is 130 Å². The zero-order valence-corrected chi connectivity index (χ0v) is 13.4. The van der Waals surface area contributed by atoms with E-state index in [1.54, 1.807) is 0 Å². The molecule has 0 amide bonds. The van der Waals surface area contributed by atoms with Gasteiger partial charge in [0.1, 0.15) is 9.79 Å². The molecule has 0 aromatic heterocycles. The second-order valence-electron chi connectivity index (χ2n) is 4.43. The van der Waals surface area contributed by atoms with Gasteiger partial charge >= 0.3 is 0 Å². The van der Waals surface area contributed by atoms with Crippen LogP contribution in [-0.4, -0.2) is 38.9 Å². The highest BCUT2D eigenvalue weighted by molar-refractivity contribution is 7.89. The van der Waals surface area contributed by atoms with Crippen LogP contribution in [-0.2, 0) is 30.4 Å². The van der Waals surface area contributed by atoms with Gasteiger partial charge in [-0.1, -0.05) is 6.07 Å². The fraction of sp³-hybridized carbons (Fsp3) is 0. The predicted octanol–water partition coefficient (Wildman–Crippen LogP) is 0.162. The lowest BCUT2D eigenvalue weighted by molar-refractivity contribution is 0.468. The van der Waals surface area contributed by atoms with E-state index >= 15 is 0 Å². The Kier molecular flexibility index (Phi) is 3.91. The second kappa shape index (κ2) is 5.12. The number of rotatable bonds is 3. The number of benzene rings is 2. The molecule has 0 unspecified atom stereocenters. The summed E-state index contributed by atoms with van der Waals surface area (Å²) in [5.41, 5.74) is 5.15. The highest BCUT2D eigenvalue weighted by Gasteiger charge is 2.28. The molecular formula is C10H9NO9S3. The average molecular weight is 383 g/mol. The molecule has 0 radical (unpaired) electrons. The van der Waals surface area contributed by atoms with E-state index in [1.165, 1.54) is 0 Å². The van der Waals surface area contributed by atoms with Crippen molar-refractivity contribution >= 4 is 46.8 Å². The van der Waals surface area contributed by atoms with Gasteiger partial charge in [0.15, 0.2) is 0 Å². The molecule has 0 saturated heterocycles. The first kappa shape index (κ1) is 17.6. The molecule has 23 heavy (non-hydrogen) atoms. The van der Waals surface area contributed by atoms with Gasteiger partial charge in [-0.25, -0.2) is 0 Å². The van der Waals surface area contributed by atoms with Crippen molar-refractivity contribution in [2.24, 2.45) is 0 Å². The van der Waals surface area contributed by atoms with Gasteiger partial charge in [0.2, 0.25) is 0 Å². The molecule has 0 aliphatic rings. The lowest BCUT2D eigenvalue weighted by Crippen LogP contribution is -2.10. The van der Waals surface area contributed by atoms with E-state index in [9.17, 15) is 29.8 Å². The van der Waals surface area contributed by atoms with Crippen molar-refractivity contribution in [2.75, 3.05) is 5.73 Å². The molecule has 0 aliphatic heterocycles. The molecule has 0 aliphatic carbocycles. The Hall–Kier alpha value is -1.77. The van der Waals surface area contributed by atoms with Crippen LogP contribution in [0.3, 0.4) is 0 Å². The maximum absolute atomic E-state index is 11.5. The molecular weight excluding hydrogens is 374 g/mol. The summed E-state index contributed by atoms with van der Waals surface area (Å²) in [6, 6.07) is 2.95. The first-order valence-corrected chi connectivity index (χ1v) is 9.83. The van der Waals surface area contributed by atoms with Crippen molar-refractivity contribution in [3.8, 4) is 0 Å². The summed E-state index contributed by atoms with van der Waals surface area (Å²) in [6.07, 6.45) is 0. The van der Waals surface area contributed by atoms with Gasteiger partial charge in [-0.15, -0.1) is 0 Å². The van der Waals surface area contributed by atoms with Gasteiger partial charge in [0.25, 0.3) is 30.4 Å². The summed E-state index contributed by atoms with van der Waals surface area (Å²) < 4.78 is 95.1. The smallest absolute Gasteiger partial charge is 0.296 e. The van der Waals surface area contributed by atoms with Crippen LogP contribution in [0.15, 0.2) is 39.0 Å². The fourth-order valence-corrected chi connectivity index (χ4v) is 4.52. The molecule has 0 saturated carbocycles. The van der Waals surface area contributed by atoms with Crippen LogP contribution in [0, 0.1) is 0 Å². The standard InChI is InChI=1S/C10H9NO9S3/c11-8-4-9(22(15,16)17)10(23(18,19)20)6-2-1-5(3-7(6)8)21(12,13)14/h1-4H,11H2,(H,12,13,14)(H,15,16,17)(H,18,19,20). The molecule has 2 rings (SSSR count). The minimum Gasteiger partial charge on any atom is -0.398 e. The van der Waals surface area contributed by atoms with Crippen molar-refractivity contribution in [3.05, 3.63) is 24.3 Å². The molecule has 0 fully saturated rings. The largest absolute Gasteiger partial charge is 0.398 e. The molecule has 0 heterocycles. The second-order valence-corrected chi connectivity index (χ2v) is 8.60. The minimum atomic E-state index is -5.11. The quantitative estimate of drug-likeness (QED) is 0.419. The third kappa shape index (κ3) is 3.29. The summed E-state index contributed by atoms with van der Waals surface area (Å²) >= 11 is 0. The third-order valence-corrected chi connectivity index (χ3v) is 5.70. The van der Waals surface area contributed by atoms with E-state index in [0.717, 1.165) is 18.2 Å². The van der Waals surface area contributed by atoms with Gasteiger partial charge in [0.05, 0.1) is 4.90 Å². The maximum Gasteiger partial charge on any atom is 0.296 e. The lowest BCUT2D eigenvalue weighted by atomic mass is 10.1. The number of hydrogen-bond acceptors (Lipinski definition) is 7.